The number of carbonyl (C=O) groups excluding carboxylic acids is 1. The standard InChI is InChI=1S/C24H23NO/c26-24(25-22-17-9-15-18-10-7-8-16-21(18)22)23(19-11-3-1-4-12-19)20-13-5-2-6-14-20/h1-8,10-14,16,22-23H,9,15,17H2,(H,25,26)/t22-/m1/s1. The Morgan fingerprint density at radius 1 is 0.808 bits per heavy atom. The summed E-state index contributed by atoms with van der Waals surface area (Å²) in [5.74, 6) is -0.212. The maximum absolute atomic E-state index is 13.3. The van der Waals surface area contributed by atoms with Gasteiger partial charge < -0.3 is 5.32 Å². The van der Waals surface area contributed by atoms with Crippen molar-refractivity contribution in [2.45, 2.75) is 31.2 Å². The molecule has 4 rings (SSSR count). The van der Waals surface area contributed by atoms with Gasteiger partial charge in [0.25, 0.3) is 0 Å². The van der Waals surface area contributed by atoms with Crippen LogP contribution in [0.2, 0.25) is 0 Å². The quantitative estimate of drug-likeness (QED) is 0.710. The van der Waals surface area contributed by atoms with E-state index in [-0.39, 0.29) is 17.9 Å². The number of rotatable bonds is 4. The molecule has 1 aliphatic rings. The summed E-state index contributed by atoms with van der Waals surface area (Å²) in [6, 6.07) is 28.7. The summed E-state index contributed by atoms with van der Waals surface area (Å²) in [6.07, 6.45) is 3.21. The zero-order valence-electron chi connectivity index (χ0n) is 14.8. The molecule has 2 nitrogen and oxygen atoms in total. The molecule has 0 bridgehead atoms. The van der Waals surface area contributed by atoms with Crippen molar-refractivity contribution < 1.29 is 4.79 Å². The van der Waals surface area contributed by atoms with Crippen molar-refractivity contribution in [3.63, 3.8) is 0 Å². The molecule has 3 aromatic carbocycles. The number of fused-ring (bicyclic) bond motifs is 1. The monoisotopic (exact) mass is 341 g/mol. The summed E-state index contributed by atoms with van der Waals surface area (Å²) in [7, 11) is 0. The summed E-state index contributed by atoms with van der Waals surface area (Å²) >= 11 is 0. The molecule has 2 heteroatoms. The lowest BCUT2D eigenvalue weighted by Crippen LogP contribution is -2.35. The SMILES string of the molecule is O=C(N[C@@H]1CCCc2ccccc21)C(c1ccccc1)c1ccccc1. The fourth-order valence-corrected chi connectivity index (χ4v) is 3.95. The molecular formula is C24H23NO. The summed E-state index contributed by atoms with van der Waals surface area (Å²) in [5.41, 5.74) is 4.69. The molecule has 0 aromatic heterocycles. The molecule has 0 saturated carbocycles. The van der Waals surface area contributed by atoms with Gasteiger partial charge in [0.2, 0.25) is 5.91 Å². The molecule has 0 aliphatic heterocycles. The molecule has 1 N–H and O–H groups in total. The number of benzene rings is 3. The van der Waals surface area contributed by atoms with Crippen molar-refractivity contribution >= 4 is 5.91 Å². The molecule has 0 saturated heterocycles. The molecular weight excluding hydrogens is 318 g/mol. The average Bonchev–Trinajstić information content (AvgIpc) is 2.70. The second-order valence-electron chi connectivity index (χ2n) is 6.91. The van der Waals surface area contributed by atoms with Crippen LogP contribution in [-0.4, -0.2) is 5.91 Å². The predicted octanol–water partition coefficient (Wildman–Crippen LogP) is 5.01. The van der Waals surface area contributed by atoms with E-state index in [2.05, 4.69) is 29.6 Å². The molecule has 0 heterocycles. The van der Waals surface area contributed by atoms with Gasteiger partial charge in [0.05, 0.1) is 12.0 Å². The molecule has 0 spiro atoms. The first-order chi connectivity index (χ1) is 12.8. The van der Waals surface area contributed by atoms with E-state index in [1.807, 2.05) is 60.7 Å². The van der Waals surface area contributed by atoms with Gasteiger partial charge in [-0.1, -0.05) is 84.9 Å². The van der Waals surface area contributed by atoms with Gasteiger partial charge in [-0.05, 0) is 41.5 Å². The number of carbonyl (C=O) groups is 1. The minimum Gasteiger partial charge on any atom is -0.348 e. The van der Waals surface area contributed by atoms with Crippen LogP contribution >= 0.6 is 0 Å². The predicted molar refractivity (Wildman–Crippen MR) is 105 cm³/mol. The number of aryl methyl sites for hydroxylation is 1. The van der Waals surface area contributed by atoms with Gasteiger partial charge in [0, 0.05) is 0 Å². The lowest BCUT2D eigenvalue weighted by molar-refractivity contribution is -0.122. The van der Waals surface area contributed by atoms with Gasteiger partial charge >= 0.3 is 0 Å². The Bertz CT molecular complexity index is 833. The normalized spacial score (nSPS) is 16.1. The second-order valence-corrected chi connectivity index (χ2v) is 6.91. The van der Waals surface area contributed by atoms with E-state index in [0.717, 1.165) is 30.4 Å². The zero-order valence-corrected chi connectivity index (χ0v) is 14.8. The van der Waals surface area contributed by atoms with Crippen LogP contribution in [-0.2, 0) is 11.2 Å². The molecule has 1 atom stereocenters. The Morgan fingerprint density at radius 3 is 2.04 bits per heavy atom. The third kappa shape index (κ3) is 3.41. The summed E-state index contributed by atoms with van der Waals surface area (Å²) in [6.45, 7) is 0. The number of amides is 1. The van der Waals surface area contributed by atoms with Gasteiger partial charge in [0.15, 0.2) is 0 Å². The molecule has 3 aromatic rings. The van der Waals surface area contributed by atoms with Gasteiger partial charge in [-0.2, -0.15) is 0 Å². The smallest absolute Gasteiger partial charge is 0.232 e. The van der Waals surface area contributed by atoms with E-state index >= 15 is 0 Å². The summed E-state index contributed by atoms with van der Waals surface area (Å²) in [4.78, 5) is 13.3. The van der Waals surface area contributed by atoms with Crippen LogP contribution in [0.3, 0.4) is 0 Å². The number of hydrogen-bond acceptors (Lipinski definition) is 1. The van der Waals surface area contributed by atoms with Crippen molar-refractivity contribution in [3.05, 3.63) is 107 Å². The Balaban J connectivity index is 1.64. The van der Waals surface area contributed by atoms with Gasteiger partial charge in [-0.3, -0.25) is 4.79 Å². The van der Waals surface area contributed by atoms with Crippen molar-refractivity contribution in [3.8, 4) is 0 Å². The maximum Gasteiger partial charge on any atom is 0.232 e. The van der Waals surface area contributed by atoms with Crippen LogP contribution in [0.15, 0.2) is 84.9 Å². The van der Waals surface area contributed by atoms with Crippen LogP contribution in [0.1, 0.15) is 47.1 Å². The average molecular weight is 341 g/mol. The van der Waals surface area contributed by atoms with Crippen molar-refractivity contribution in [1.29, 1.82) is 0 Å². The highest BCUT2D eigenvalue weighted by atomic mass is 16.1. The number of hydrogen-bond donors (Lipinski definition) is 1. The van der Waals surface area contributed by atoms with Gasteiger partial charge in [0.1, 0.15) is 0 Å². The van der Waals surface area contributed by atoms with Crippen molar-refractivity contribution in [2.24, 2.45) is 0 Å². The van der Waals surface area contributed by atoms with Crippen LogP contribution in [0.25, 0.3) is 0 Å². The Morgan fingerprint density at radius 2 is 1.38 bits per heavy atom. The first kappa shape index (κ1) is 16.6. The molecule has 130 valence electrons. The molecule has 1 aliphatic carbocycles. The fraction of sp³-hybridized carbons (Fsp3) is 0.208. The highest BCUT2D eigenvalue weighted by Crippen LogP contribution is 2.31. The highest BCUT2D eigenvalue weighted by molar-refractivity contribution is 5.87. The minimum atomic E-state index is -0.286. The fourth-order valence-electron chi connectivity index (χ4n) is 3.95. The van der Waals surface area contributed by atoms with E-state index in [0.29, 0.717) is 0 Å². The lowest BCUT2D eigenvalue weighted by atomic mass is 9.86. The van der Waals surface area contributed by atoms with E-state index in [9.17, 15) is 4.79 Å². The summed E-state index contributed by atoms with van der Waals surface area (Å²) in [5, 5.41) is 3.33. The molecule has 0 radical (unpaired) electrons. The first-order valence-corrected chi connectivity index (χ1v) is 9.31. The molecule has 1 amide bonds. The zero-order chi connectivity index (χ0) is 17.8. The second kappa shape index (κ2) is 7.57. The third-order valence-corrected chi connectivity index (χ3v) is 5.21. The Labute approximate surface area is 154 Å². The maximum atomic E-state index is 13.3. The van der Waals surface area contributed by atoms with E-state index < -0.39 is 0 Å². The minimum absolute atomic E-state index is 0.0732. The summed E-state index contributed by atoms with van der Waals surface area (Å²) < 4.78 is 0. The molecule has 0 fully saturated rings. The Kier molecular flexibility index (Phi) is 4.83. The first-order valence-electron chi connectivity index (χ1n) is 9.31. The molecule has 0 unspecified atom stereocenters. The highest BCUT2D eigenvalue weighted by Gasteiger charge is 2.27. The molecule has 26 heavy (non-hydrogen) atoms. The van der Waals surface area contributed by atoms with Crippen molar-refractivity contribution in [1.82, 2.24) is 5.32 Å². The van der Waals surface area contributed by atoms with Crippen LogP contribution in [0, 0.1) is 0 Å². The van der Waals surface area contributed by atoms with Crippen molar-refractivity contribution in [2.75, 3.05) is 0 Å². The van der Waals surface area contributed by atoms with Gasteiger partial charge in [-0.25, -0.2) is 0 Å². The number of nitrogens with one attached hydrogen (secondary N) is 1. The largest absolute Gasteiger partial charge is 0.348 e. The Hall–Kier alpha value is -2.87. The van der Waals surface area contributed by atoms with Crippen LogP contribution in [0.5, 0.6) is 0 Å². The van der Waals surface area contributed by atoms with E-state index in [1.165, 1.54) is 11.1 Å². The van der Waals surface area contributed by atoms with Crippen LogP contribution < -0.4 is 5.32 Å². The van der Waals surface area contributed by atoms with Crippen LogP contribution in [0.4, 0.5) is 0 Å². The van der Waals surface area contributed by atoms with E-state index in [4.69, 9.17) is 0 Å². The topological polar surface area (TPSA) is 29.1 Å². The lowest BCUT2D eigenvalue weighted by Gasteiger charge is -2.28. The third-order valence-electron chi connectivity index (χ3n) is 5.21. The van der Waals surface area contributed by atoms with E-state index in [1.54, 1.807) is 0 Å². The van der Waals surface area contributed by atoms with Gasteiger partial charge in [-0.15, -0.1) is 0 Å².